The van der Waals surface area contributed by atoms with Gasteiger partial charge in [0.05, 0.1) is 31.0 Å². The average Bonchev–Trinajstić information content (AvgIpc) is 2.95. The number of methoxy groups -OCH3 is 2. The summed E-state index contributed by atoms with van der Waals surface area (Å²) in [5.74, 6) is 0.591. The third-order valence-corrected chi connectivity index (χ3v) is 4.55. The molecule has 2 heterocycles. The van der Waals surface area contributed by atoms with Crippen LogP contribution >= 0.6 is 0 Å². The number of hydrogen-bond donors (Lipinski definition) is 0. The van der Waals surface area contributed by atoms with Crippen molar-refractivity contribution < 1.29 is 14.3 Å². The normalized spacial score (nSPS) is 12.6. The Morgan fingerprint density at radius 2 is 2.00 bits per heavy atom. The predicted octanol–water partition coefficient (Wildman–Crippen LogP) is 3.50. The second kappa shape index (κ2) is 5.16. The lowest BCUT2D eigenvalue weighted by Gasteiger charge is -2.19. The van der Waals surface area contributed by atoms with E-state index in [0.717, 1.165) is 40.9 Å². The topological polar surface area (TPSA) is 39.9 Å². The molecular formula is C19H17NO3. The molecule has 0 saturated heterocycles. The molecule has 4 heteroatoms. The van der Waals surface area contributed by atoms with Gasteiger partial charge in [-0.25, -0.2) is 4.79 Å². The van der Waals surface area contributed by atoms with Gasteiger partial charge in [-0.2, -0.15) is 0 Å². The predicted molar refractivity (Wildman–Crippen MR) is 88.1 cm³/mol. The van der Waals surface area contributed by atoms with E-state index >= 15 is 0 Å². The Balaban J connectivity index is 2.06. The van der Waals surface area contributed by atoms with Crippen molar-refractivity contribution in [3.05, 3.63) is 59.3 Å². The number of aryl methyl sites for hydroxylation is 1. The lowest BCUT2D eigenvalue weighted by molar-refractivity contribution is 0.0602. The molecule has 116 valence electrons. The van der Waals surface area contributed by atoms with Crippen molar-refractivity contribution in [2.45, 2.75) is 12.8 Å². The highest BCUT2D eigenvalue weighted by atomic mass is 16.5. The standard InChI is InChI=1S/C19H17NO3/c1-22-13-7-9-14-12(11-13)6-8-15-17(19(21)23-2)16-5-3-4-10-20(16)18(14)15/h3-5,7,9-11H,6,8H2,1-2H3. The van der Waals surface area contributed by atoms with Crippen LogP contribution in [0.4, 0.5) is 0 Å². The molecule has 23 heavy (non-hydrogen) atoms. The Bertz CT molecular complexity index is 924. The minimum absolute atomic E-state index is 0.271. The van der Waals surface area contributed by atoms with Gasteiger partial charge in [-0.15, -0.1) is 0 Å². The Kier molecular flexibility index (Phi) is 3.11. The molecule has 1 aliphatic rings. The third-order valence-electron chi connectivity index (χ3n) is 4.55. The van der Waals surface area contributed by atoms with E-state index in [-0.39, 0.29) is 5.97 Å². The summed E-state index contributed by atoms with van der Waals surface area (Å²) in [4.78, 5) is 12.3. The SMILES string of the molecule is COC(=O)c1c2c(n3ccccc13)-c1ccc(OC)cc1CC2. The number of carbonyl (C=O) groups is 1. The van der Waals surface area contributed by atoms with Gasteiger partial charge in [-0.05, 0) is 54.3 Å². The number of carbonyl (C=O) groups excluding carboxylic acids is 1. The molecule has 0 atom stereocenters. The second-order valence-electron chi connectivity index (χ2n) is 5.67. The maximum atomic E-state index is 12.3. The first-order valence-electron chi connectivity index (χ1n) is 7.62. The second-order valence-corrected chi connectivity index (χ2v) is 5.67. The van der Waals surface area contributed by atoms with Crippen LogP contribution in [-0.4, -0.2) is 24.6 Å². The number of nitrogens with zero attached hydrogens (tertiary/aromatic N) is 1. The molecule has 0 N–H and O–H groups in total. The maximum absolute atomic E-state index is 12.3. The maximum Gasteiger partial charge on any atom is 0.340 e. The van der Waals surface area contributed by atoms with Crippen LogP contribution in [0.25, 0.3) is 16.8 Å². The van der Waals surface area contributed by atoms with Crippen LogP contribution in [0, 0.1) is 0 Å². The largest absolute Gasteiger partial charge is 0.497 e. The molecule has 0 radical (unpaired) electrons. The van der Waals surface area contributed by atoms with Crippen molar-refractivity contribution in [1.29, 1.82) is 0 Å². The number of pyridine rings is 1. The molecule has 0 bridgehead atoms. The zero-order chi connectivity index (χ0) is 16.0. The van der Waals surface area contributed by atoms with E-state index in [2.05, 4.69) is 16.5 Å². The van der Waals surface area contributed by atoms with Crippen LogP contribution < -0.4 is 4.74 Å². The van der Waals surface area contributed by atoms with E-state index in [1.54, 1.807) is 7.11 Å². The minimum atomic E-state index is -0.271. The minimum Gasteiger partial charge on any atom is -0.497 e. The quantitative estimate of drug-likeness (QED) is 0.680. The Hall–Kier alpha value is -2.75. The van der Waals surface area contributed by atoms with E-state index in [1.165, 1.54) is 12.7 Å². The Labute approximate surface area is 134 Å². The van der Waals surface area contributed by atoms with E-state index in [9.17, 15) is 4.79 Å². The van der Waals surface area contributed by atoms with Gasteiger partial charge >= 0.3 is 5.97 Å². The van der Waals surface area contributed by atoms with E-state index in [4.69, 9.17) is 9.47 Å². The molecule has 0 spiro atoms. The fraction of sp³-hybridized carbons (Fsp3) is 0.211. The van der Waals surface area contributed by atoms with Gasteiger partial charge in [0.15, 0.2) is 0 Å². The molecule has 1 aliphatic carbocycles. The third kappa shape index (κ3) is 1.95. The number of esters is 1. The first kappa shape index (κ1) is 13.9. The van der Waals surface area contributed by atoms with E-state index in [1.807, 2.05) is 30.5 Å². The van der Waals surface area contributed by atoms with Gasteiger partial charge in [0.25, 0.3) is 0 Å². The molecule has 4 nitrogen and oxygen atoms in total. The smallest absolute Gasteiger partial charge is 0.340 e. The zero-order valence-corrected chi connectivity index (χ0v) is 13.1. The Morgan fingerprint density at radius 3 is 2.78 bits per heavy atom. The fourth-order valence-electron chi connectivity index (χ4n) is 3.52. The van der Waals surface area contributed by atoms with Crippen LogP contribution in [0.5, 0.6) is 5.75 Å². The summed E-state index contributed by atoms with van der Waals surface area (Å²) < 4.78 is 12.4. The first-order chi connectivity index (χ1) is 11.2. The van der Waals surface area contributed by atoms with Gasteiger partial charge in [0.2, 0.25) is 0 Å². The van der Waals surface area contributed by atoms with Gasteiger partial charge < -0.3 is 13.9 Å². The van der Waals surface area contributed by atoms with Crippen molar-refractivity contribution in [2.24, 2.45) is 0 Å². The summed E-state index contributed by atoms with van der Waals surface area (Å²) in [7, 11) is 3.11. The highest BCUT2D eigenvalue weighted by Gasteiger charge is 2.28. The number of aromatic nitrogens is 1. The molecular weight excluding hydrogens is 290 g/mol. The lowest BCUT2D eigenvalue weighted by atomic mass is 9.88. The van der Waals surface area contributed by atoms with Crippen molar-refractivity contribution in [3.8, 4) is 17.0 Å². The molecule has 2 aromatic heterocycles. The highest BCUT2D eigenvalue weighted by molar-refractivity contribution is 6.02. The lowest BCUT2D eigenvalue weighted by Crippen LogP contribution is -2.09. The van der Waals surface area contributed by atoms with Crippen molar-refractivity contribution >= 4 is 11.5 Å². The summed E-state index contributed by atoms with van der Waals surface area (Å²) in [5.41, 5.74) is 6.14. The summed E-state index contributed by atoms with van der Waals surface area (Å²) in [5, 5.41) is 0. The van der Waals surface area contributed by atoms with Crippen LogP contribution in [0.1, 0.15) is 21.5 Å². The first-order valence-corrected chi connectivity index (χ1v) is 7.62. The van der Waals surface area contributed by atoms with Crippen LogP contribution in [0.2, 0.25) is 0 Å². The number of fused-ring (bicyclic) bond motifs is 5. The van der Waals surface area contributed by atoms with Crippen LogP contribution in [-0.2, 0) is 17.6 Å². The van der Waals surface area contributed by atoms with Crippen LogP contribution in [0.15, 0.2) is 42.6 Å². The monoisotopic (exact) mass is 307 g/mol. The summed E-state index contributed by atoms with van der Waals surface area (Å²) >= 11 is 0. The van der Waals surface area contributed by atoms with Crippen molar-refractivity contribution in [1.82, 2.24) is 4.40 Å². The number of hydrogen-bond acceptors (Lipinski definition) is 3. The van der Waals surface area contributed by atoms with Crippen molar-refractivity contribution in [3.63, 3.8) is 0 Å². The van der Waals surface area contributed by atoms with Crippen molar-refractivity contribution in [2.75, 3.05) is 14.2 Å². The van der Waals surface area contributed by atoms with Gasteiger partial charge in [-0.1, -0.05) is 6.07 Å². The molecule has 0 saturated carbocycles. The number of benzene rings is 1. The van der Waals surface area contributed by atoms with E-state index in [0.29, 0.717) is 5.56 Å². The molecule has 0 amide bonds. The molecule has 3 aromatic rings. The Morgan fingerprint density at radius 1 is 1.13 bits per heavy atom. The molecule has 0 fully saturated rings. The summed E-state index contributed by atoms with van der Waals surface area (Å²) in [6.45, 7) is 0. The van der Waals surface area contributed by atoms with Crippen LogP contribution in [0.3, 0.4) is 0 Å². The summed E-state index contributed by atoms with van der Waals surface area (Å²) in [6, 6.07) is 12.0. The molecule has 0 aliphatic heterocycles. The highest BCUT2D eigenvalue weighted by Crippen LogP contribution is 2.40. The molecule has 4 rings (SSSR count). The van der Waals surface area contributed by atoms with E-state index < -0.39 is 0 Å². The van der Waals surface area contributed by atoms with Gasteiger partial charge in [-0.3, -0.25) is 0 Å². The molecule has 0 unspecified atom stereocenters. The fourth-order valence-corrected chi connectivity index (χ4v) is 3.52. The number of ether oxygens (including phenoxy) is 2. The average molecular weight is 307 g/mol. The summed E-state index contributed by atoms with van der Waals surface area (Å²) in [6.07, 6.45) is 3.71. The van der Waals surface area contributed by atoms with Gasteiger partial charge in [0, 0.05) is 11.8 Å². The van der Waals surface area contributed by atoms with Gasteiger partial charge in [0.1, 0.15) is 5.75 Å². The number of rotatable bonds is 2. The zero-order valence-electron chi connectivity index (χ0n) is 13.1. The molecule has 1 aromatic carbocycles.